The average Bonchev–Trinajstić information content (AvgIpc) is 3.04. The van der Waals surface area contributed by atoms with Gasteiger partial charge in [-0.2, -0.15) is 0 Å². The van der Waals surface area contributed by atoms with Crippen LogP contribution in [0, 0.1) is 12.7 Å². The maximum absolute atomic E-state index is 13.2. The molecule has 0 aliphatic heterocycles. The molecule has 3 heteroatoms. The van der Waals surface area contributed by atoms with Crippen LogP contribution in [0.25, 0.3) is 30.9 Å². The molecule has 0 aliphatic carbocycles. The van der Waals surface area contributed by atoms with E-state index in [2.05, 4.69) is 58.0 Å². The summed E-state index contributed by atoms with van der Waals surface area (Å²) in [7, 11) is 0. The predicted octanol–water partition coefficient (Wildman–Crippen LogP) is 6.37. The third-order valence-electron chi connectivity index (χ3n) is 4.77. The number of benzene rings is 2. The normalized spacial score (nSPS) is 11.9. The molecule has 1 nitrogen and oxygen atoms in total. The van der Waals surface area contributed by atoms with Crippen LogP contribution >= 0.6 is 0 Å². The van der Waals surface area contributed by atoms with Gasteiger partial charge < -0.3 is 0 Å². The van der Waals surface area contributed by atoms with Gasteiger partial charge in [-0.25, -0.2) is 0 Å². The Labute approximate surface area is 165 Å². The van der Waals surface area contributed by atoms with Crippen molar-refractivity contribution >= 4 is 24.1 Å². The quantitative estimate of drug-likeness (QED) is 0.342. The molecule has 0 amide bonds. The van der Waals surface area contributed by atoms with Crippen LogP contribution in [0.3, 0.4) is 0 Å². The van der Waals surface area contributed by atoms with E-state index >= 15 is 0 Å². The molecule has 0 N–H and O–H groups in total. The van der Waals surface area contributed by atoms with Gasteiger partial charge in [0.2, 0.25) is 0 Å². The second-order valence-corrected chi connectivity index (χ2v) is 10.3. The van der Waals surface area contributed by atoms with E-state index in [0.717, 1.165) is 11.3 Å². The van der Waals surface area contributed by atoms with Crippen molar-refractivity contribution in [3.63, 3.8) is 0 Å². The van der Waals surface area contributed by atoms with Gasteiger partial charge in [-0.15, -0.1) is 0 Å². The molecule has 0 saturated heterocycles. The number of aromatic nitrogens is 1. The fourth-order valence-corrected chi connectivity index (χ4v) is 5.47. The second-order valence-electron chi connectivity index (χ2n) is 8.06. The van der Waals surface area contributed by atoms with Crippen LogP contribution in [-0.2, 0) is 5.41 Å². The number of fused-ring (bicyclic) bond motifs is 1. The van der Waals surface area contributed by atoms with E-state index in [9.17, 15) is 4.39 Å². The van der Waals surface area contributed by atoms with Crippen molar-refractivity contribution in [3.8, 4) is 21.3 Å². The van der Waals surface area contributed by atoms with E-state index in [1.807, 2.05) is 18.3 Å². The molecule has 27 heavy (non-hydrogen) atoms. The monoisotopic (exact) mass is 423 g/mol. The third-order valence-corrected chi connectivity index (χ3v) is 7.18. The van der Waals surface area contributed by atoms with Gasteiger partial charge in [-0.05, 0) is 0 Å². The van der Waals surface area contributed by atoms with Gasteiger partial charge in [-0.1, -0.05) is 0 Å². The molecular formula is C24H22FNSe. The zero-order valence-electron chi connectivity index (χ0n) is 16.0. The molecule has 0 unspecified atom stereocenters. The van der Waals surface area contributed by atoms with E-state index in [1.165, 1.54) is 42.9 Å². The second kappa shape index (κ2) is 6.74. The summed E-state index contributed by atoms with van der Waals surface area (Å²) in [5, 5.41) is 1.18. The number of aryl methyl sites for hydroxylation is 1. The molecule has 0 atom stereocenters. The topological polar surface area (TPSA) is 12.9 Å². The first kappa shape index (κ1) is 18.2. The molecule has 0 fully saturated rings. The Hall–Kier alpha value is -2.22. The van der Waals surface area contributed by atoms with Gasteiger partial charge in [0, 0.05) is 0 Å². The van der Waals surface area contributed by atoms with Gasteiger partial charge in [0.15, 0.2) is 0 Å². The molecule has 0 bridgehead atoms. The molecule has 4 rings (SSSR count). The Morgan fingerprint density at radius 3 is 2.33 bits per heavy atom. The molecule has 0 saturated carbocycles. The number of hydrogen-bond acceptors (Lipinski definition) is 1. The van der Waals surface area contributed by atoms with Crippen molar-refractivity contribution in [2.45, 2.75) is 33.1 Å². The summed E-state index contributed by atoms with van der Waals surface area (Å²) >= 11 is 0.210. The van der Waals surface area contributed by atoms with Crippen LogP contribution in [0.5, 0.6) is 0 Å². The SMILES string of the molecule is Cc1cc(-c2cc3[se]c(-c4ccc(F)cc4)cc3cn2)cc(C(C)(C)C)c1. The number of halogens is 1. The summed E-state index contributed by atoms with van der Waals surface area (Å²) in [4.78, 5) is 4.73. The Kier molecular flexibility index (Phi) is 4.53. The minimum atomic E-state index is -0.194. The van der Waals surface area contributed by atoms with Crippen LogP contribution in [-0.4, -0.2) is 19.5 Å². The van der Waals surface area contributed by atoms with Crippen molar-refractivity contribution in [2.24, 2.45) is 0 Å². The zero-order valence-corrected chi connectivity index (χ0v) is 17.7. The molecule has 2 aromatic heterocycles. The maximum atomic E-state index is 13.2. The van der Waals surface area contributed by atoms with Gasteiger partial charge in [0.05, 0.1) is 0 Å². The van der Waals surface area contributed by atoms with Crippen LogP contribution in [0.4, 0.5) is 4.39 Å². The fourth-order valence-electron chi connectivity index (χ4n) is 3.21. The Morgan fingerprint density at radius 2 is 1.63 bits per heavy atom. The molecular weight excluding hydrogens is 400 g/mol. The van der Waals surface area contributed by atoms with Crippen LogP contribution in [0.1, 0.15) is 31.9 Å². The molecule has 2 heterocycles. The van der Waals surface area contributed by atoms with Gasteiger partial charge in [0.25, 0.3) is 0 Å². The Morgan fingerprint density at radius 1 is 0.889 bits per heavy atom. The van der Waals surface area contributed by atoms with Crippen molar-refractivity contribution in [1.29, 1.82) is 0 Å². The number of nitrogens with zero attached hydrogens (tertiary/aromatic N) is 1. The van der Waals surface area contributed by atoms with Crippen molar-refractivity contribution in [1.82, 2.24) is 4.98 Å². The zero-order chi connectivity index (χ0) is 19.2. The van der Waals surface area contributed by atoms with Gasteiger partial charge in [0.1, 0.15) is 0 Å². The Balaban J connectivity index is 1.78. The Bertz CT molecular complexity index is 1120. The summed E-state index contributed by atoms with van der Waals surface area (Å²) in [5.41, 5.74) is 6.00. The van der Waals surface area contributed by atoms with E-state index in [4.69, 9.17) is 4.98 Å². The summed E-state index contributed by atoms with van der Waals surface area (Å²) < 4.78 is 15.8. The predicted molar refractivity (Wildman–Crippen MR) is 113 cm³/mol. The van der Waals surface area contributed by atoms with Crippen LogP contribution in [0.2, 0.25) is 0 Å². The minimum absolute atomic E-state index is 0.110. The molecule has 2 aromatic carbocycles. The molecule has 4 aromatic rings. The van der Waals surface area contributed by atoms with Crippen LogP contribution in [0.15, 0.2) is 60.8 Å². The first-order valence-corrected chi connectivity index (χ1v) is 10.8. The molecule has 0 radical (unpaired) electrons. The molecule has 136 valence electrons. The first-order valence-electron chi connectivity index (χ1n) is 9.08. The van der Waals surface area contributed by atoms with Crippen molar-refractivity contribution in [2.75, 3.05) is 0 Å². The van der Waals surface area contributed by atoms with Crippen molar-refractivity contribution < 1.29 is 4.39 Å². The molecule has 0 spiro atoms. The first-order chi connectivity index (χ1) is 12.8. The van der Waals surface area contributed by atoms with Gasteiger partial charge in [-0.3, -0.25) is 0 Å². The van der Waals surface area contributed by atoms with E-state index in [0.29, 0.717) is 0 Å². The third kappa shape index (κ3) is 3.76. The summed E-state index contributed by atoms with van der Waals surface area (Å²) in [6.45, 7) is 8.86. The van der Waals surface area contributed by atoms with Crippen LogP contribution < -0.4 is 0 Å². The number of pyridine rings is 1. The summed E-state index contributed by atoms with van der Waals surface area (Å²) in [5.74, 6) is -0.194. The van der Waals surface area contributed by atoms with E-state index in [-0.39, 0.29) is 25.7 Å². The van der Waals surface area contributed by atoms with Crippen molar-refractivity contribution in [3.05, 3.63) is 77.7 Å². The summed E-state index contributed by atoms with van der Waals surface area (Å²) in [6.07, 6.45) is 1.97. The summed E-state index contributed by atoms with van der Waals surface area (Å²) in [6, 6.07) is 17.9. The van der Waals surface area contributed by atoms with E-state index < -0.39 is 0 Å². The fraction of sp³-hybridized carbons (Fsp3) is 0.208. The number of hydrogen-bond donors (Lipinski definition) is 0. The standard InChI is InChI=1S/C24H22FNSe/c1-15-9-17(11-19(10-15)24(2,3)4)21-13-23-18(14-26-21)12-22(27-23)16-5-7-20(25)8-6-16/h5-14H,1-4H3. The number of rotatable bonds is 2. The molecule has 0 aliphatic rings. The van der Waals surface area contributed by atoms with E-state index in [1.54, 1.807) is 0 Å². The van der Waals surface area contributed by atoms with Gasteiger partial charge >= 0.3 is 166 Å². The average molecular weight is 422 g/mol.